The van der Waals surface area contributed by atoms with Gasteiger partial charge >= 0.3 is 11.6 Å². The Morgan fingerprint density at radius 3 is 2.58 bits per heavy atom. The molecule has 1 N–H and O–H groups in total. The Morgan fingerprint density at radius 2 is 1.92 bits per heavy atom. The van der Waals surface area contributed by atoms with Crippen LogP contribution in [-0.4, -0.2) is 22.8 Å². The molecule has 1 aromatic heterocycles. The van der Waals surface area contributed by atoms with Crippen LogP contribution < -0.4 is 10.4 Å². The Hall–Kier alpha value is -2.34. The fraction of sp³-hybridized carbons (Fsp3) is 0.444. The molecule has 1 aliphatic rings. The molecular formula is C18H20O6. The summed E-state index contributed by atoms with van der Waals surface area (Å²) in [6, 6.07) is 6.39. The molecule has 0 spiro atoms. The van der Waals surface area contributed by atoms with Gasteiger partial charge in [-0.25, -0.2) is 4.79 Å². The number of carbonyl (C=O) groups excluding carboxylic acids is 1. The van der Waals surface area contributed by atoms with Crippen LogP contribution in [0.1, 0.15) is 39.4 Å². The lowest BCUT2D eigenvalue weighted by molar-refractivity contribution is -0.180. The van der Waals surface area contributed by atoms with Gasteiger partial charge in [0, 0.05) is 11.5 Å². The highest BCUT2D eigenvalue weighted by atomic mass is 16.6. The first-order valence-electron chi connectivity index (χ1n) is 7.85. The lowest BCUT2D eigenvalue weighted by Crippen LogP contribution is -2.51. The van der Waals surface area contributed by atoms with Gasteiger partial charge in [0.25, 0.3) is 0 Å². The van der Waals surface area contributed by atoms with Crippen molar-refractivity contribution in [2.24, 2.45) is 5.92 Å². The van der Waals surface area contributed by atoms with E-state index in [1.807, 2.05) is 0 Å². The number of benzene rings is 1. The van der Waals surface area contributed by atoms with Gasteiger partial charge in [-0.05, 0) is 32.0 Å². The minimum Gasteiger partial charge on any atom is -0.483 e. The molecule has 6 nitrogen and oxygen atoms in total. The molecule has 0 unspecified atom stereocenters. The van der Waals surface area contributed by atoms with Crippen molar-refractivity contribution in [3.63, 3.8) is 0 Å². The van der Waals surface area contributed by atoms with Gasteiger partial charge in [-0.2, -0.15) is 0 Å². The standard InChI is InChI=1S/C18H20O6/c1-9(2)17(21)23-16-14(20)13-11(24-18(16,3)4)7-5-10-6-8-12(19)22-15(10)13/h5-9,14,16,20H,1-4H3/t14-,16-/m1/s1. The molecule has 0 saturated heterocycles. The molecule has 0 bridgehead atoms. The van der Waals surface area contributed by atoms with E-state index in [0.717, 1.165) is 0 Å². The summed E-state index contributed by atoms with van der Waals surface area (Å²) in [4.78, 5) is 23.6. The second-order valence-corrected chi connectivity index (χ2v) is 6.81. The van der Waals surface area contributed by atoms with Crippen LogP contribution in [0.15, 0.2) is 33.5 Å². The second kappa shape index (κ2) is 5.63. The van der Waals surface area contributed by atoms with Crippen molar-refractivity contribution in [2.75, 3.05) is 0 Å². The predicted octanol–water partition coefficient (Wildman–Crippen LogP) is 2.57. The number of rotatable bonds is 2. The average molecular weight is 332 g/mol. The molecule has 0 saturated carbocycles. The topological polar surface area (TPSA) is 86.0 Å². The monoisotopic (exact) mass is 332 g/mol. The fourth-order valence-corrected chi connectivity index (χ4v) is 2.85. The van der Waals surface area contributed by atoms with Crippen LogP contribution in [0.4, 0.5) is 0 Å². The van der Waals surface area contributed by atoms with Crippen LogP contribution in [-0.2, 0) is 9.53 Å². The van der Waals surface area contributed by atoms with Crippen LogP contribution in [0.25, 0.3) is 11.0 Å². The second-order valence-electron chi connectivity index (χ2n) is 6.81. The van der Waals surface area contributed by atoms with Gasteiger partial charge < -0.3 is 19.0 Å². The van der Waals surface area contributed by atoms with Gasteiger partial charge in [0.05, 0.1) is 11.5 Å². The third kappa shape index (κ3) is 2.67. The molecule has 0 radical (unpaired) electrons. The van der Waals surface area contributed by atoms with Crippen molar-refractivity contribution in [1.29, 1.82) is 0 Å². The largest absolute Gasteiger partial charge is 0.483 e. The maximum atomic E-state index is 12.0. The smallest absolute Gasteiger partial charge is 0.336 e. The van der Waals surface area contributed by atoms with Crippen LogP contribution >= 0.6 is 0 Å². The van der Waals surface area contributed by atoms with Crippen molar-refractivity contribution < 1.29 is 23.8 Å². The van der Waals surface area contributed by atoms with E-state index >= 15 is 0 Å². The molecule has 0 fully saturated rings. The molecular weight excluding hydrogens is 312 g/mol. The van der Waals surface area contributed by atoms with E-state index in [0.29, 0.717) is 16.7 Å². The van der Waals surface area contributed by atoms with Crippen LogP contribution in [0.2, 0.25) is 0 Å². The highest BCUT2D eigenvalue weighted by molar-refractivity contribution is 5.83. The fourth-order valence-electron chi connectivity index (χ4n) is 2.85. The number of ether oxygens (including phenoxy) is 2. The maximum absolute atomic E-state index is 12.0. The first-order valence-corrected chi connectivity index (χ1v) is 7.85. The molecule has 2 heterocycles. The molecule has 1 aromatic carbocycles. The lowest BCUT2D eigenvalue weighted by atomic mass is 9.87. The van der Waals surface area contributed by atoms with Crippen LogP contribution in [0, 0.1) is 5.92 Å². The van der Waals surface area contributed by atoms with Gasteiger partial charge in [0.1, 0.15) is 23.0 Å². The average Bonchev–Trinajstić information content (AvgIpc) is 2.49. The molecule has 2 aromatic rings. The third-order valence-electron chi connectivity index (χ3n) is 4.14. The Labute approximate surface area is 139 Å². The number of carbonyl (C=O) groups is 1. The van der Waals surface area contributed by atoms with E-state index < -0.39 is 29.4 Å². The first-order chi connectivity index (χ1) is 11.2. The van der Waals surface area contributed by atoms with E-state index in [4.69, 9.17) is 13.9 Å². The number of aliphatic hydroxyl groups is 1. The SMILES string of the molecule is CC(C)C(=O)O[C@@H]1[C@H](O)c2c(ccc3ccc(=O)oc23)OC1(C)C. The third-order valence-corrected chi connectivity index (χ3v) is 4.14. The number of hydrogen-bond donors (Lipinski definition) is 1. The van der Waals surface area contributed by atoms with Gasteiger partial charge in [0.2, 0.25) is 0 Å². The Bertz CT molecular complexity index is 848. The van der Waals surface area contributed by atoms with Gasteiger partial charge in [0.15, 0.2) is 6.10 Å². The van der Waals surface area contributed by atoms with Gasteiger partial charge in [-0.15, -0.1) is 0 Å². The van der Waals surface area contributed by atoms with E-state index in [2.05, 4.69) is 0 Å². The summed E-state index contributed by atoms with van der Waals surface area (Å²) < 4.78 is 16.7. The summed E-state index contributed by atoms with van der Waals surface area (Å²) >= 11 is 0. The summed E-state index contributed by atoms with van der Waals surface area (Å²) in [5, 5.41) is 11.5. The van der Waals surface area contributed by atoms with Crippen LogP contribution in [0.3, 0.4) is 0 Å². The summed E-state index contributed by atoms with van der Waals surface area (Å²) in [6.07, 6.45) is -2.09. The zero-order chi connectivity index (χ0) is 17.6. The molecule has 6 heteroatoms. The molecule has 1 aliphatic heterocycles. The number of fused-ring (bicyclic) bond motifs is 3. The lowest BCUT2D eigenvalue weighted by Gasteiger charge is -2.42. The minimum absolute atomic E-state index is 0.244. The zero-order valence-electron chi connectivity index (χ0n) is 14.0. The van der Waals surface area contributed by atoms with Gasteiger partial charge in [-0.1, -0.05) is 13.8 Å². The summed E-state index contributed by atoms with van der Waals surface area (Å²) in [7, 11) is 0. The number of hydrogen-bond acceptors (Lipinski definition) is 6. The quantitative estimate of drug-likeness (QED) is 0.672. The highest BCUT2D eigenvalue weighted by Gasteiger charge is 2.47. The molecule has 3 rings (SSSR count). The number of esters is 1. The molecule has 24 heavy (non-hydrogen) atoms. The van der Waals surface area contributed by atoms with E-state index in [1.54, 1.807) is 45.9 Å². The Kier molecular flexibility index (Phi) is 3.87. The first kappa shape index (κ1) is 16.5. The predicted molar refractivity (Wildman–Crippen MR) is 86.9 cm³/mol. The summed E-state index contributed by atoms with van der Waals surface area (Å²) in [5.41, 5.74) is -0.886. The molecule has 2 atom stereocenters. The maximum Gasteiger partial charge on any atom is 0.336 e. The molecule has 128 valence electrons. The van der Waals surface area contributed by atoms with E-state index in [1.165, 1.54) is 6.07 Å². The molecule has 0 aliphatic carbocycles. The summed E-state index contributed by atoms with van der Waals surface area (Å²) in [6.45, 7) is 6.91. The zero-order valence-corrected chi connectivity index (χ0v) is 14.0. The van der Waals surface area contributed by atoms with Crippen molar-refractivity contribution in [2.45, 2.75) is 45.5 Å². The van der Waals surface area contributed by atoms with E-state index in [-0.39, 0.29) is 11.5 Å². The number of aliphatic hydroxyl groups excluding tert-OH is 1. The summed E-state index contributed by atoms with van der Waals surface area (Å²) in [5.74, 6) is -0.355. The van der Waals surface area contributed by atoms with E-state index in [9.17, 15) is 14.7 Å². The normalized spacial score (nSPS) is 22.1. The molecule has 0 amide bonds. The van der Waals surface area contributed by atoms with Crippen molar-refractivity contribution >= 4 is 16.9 Å². The highest BCUT2D eigenvalue weighted by Crippen LogP contribution is 2.44. The van der Waals surface area contributed by atoms with Crippen LogP contribution in [0.5, 0.6) is 5.75 Å². The minimum atomic E-state index is -1.17. The van der Waals surface area contributed by atoms with Crippen molar-refractivity contribution in [1.82, 2.24) is 0 Å². The van der Waals surface area contributed by atoms with Crippen molar-refractivity contribution in [3.8, 4) is 5.75 Å². The van der Waals surface area contributed by atoms with Gasteiger partial charge in [-0.3, -0.25) is 4.79 Å². The Balaban J connectivity index is 2.14. The van der Waals surface area contributed by atoms with Crippen molar-refractivity contribution in [3.05, 3.63) is 40.2 Å². The Morgan fingerprint density at radius 1 is 1.25 bits per heavy atom.